The smallest absolute Gasteiger partial charge is 0.0575 e. The third-order valence-electron chi connectivity index (χ3n) is 4.83. The highest BCUT2D eigenvalue weighted by Crippen LogP contribution is 2.38. The summed E-state index contributed by atoms with van der Waals surface area (Å²) in [4.78, 5) is 0. The Morgan fingerprint density at radius 1 is 1.30 bits per heavy atom. The molecule has 2 aliphatic rings. The predicted molar refractivity (Wildman–Crippen MR) is 83.1 cm³/mol. The molecule has 20 heavy (non-hydrogen) atoms. The zero-order valence-electron chi connectivity index (χ0n) is 12.7. The van der Waals surface area contributed by atoms with E-state index in [4.69, 9.17) is 4.74 Å². The second-order valence-electron chi connectivity index (χ2n) is 6.53. The molecule has 0 saturated heterocycles. The number of likely N-dealkylation sites (N-methyl/N-ethyl adjacent to an activating group) is 1. The number of hydrogen-bond donors (Lipinski definition) is 1. The summed E-state index contributed by atoms with van der Waals surface area (Å²) in [7, 11) is 0. The Morgan fingerprint density at radius 3 is 2.95 bits per heavy atom. The Bertz CT molecular complexity index is 441. The molecule has 0 aromatic heterocycles. The number of fused-ring (bicyclic) bond motifs is 1. The van der Waals surface area contributed by atoms with E-state index < -0.39 is 0 Å². The number of ether oxygens (including phenoxy) is 1. The standard InChI is InChI=1S/C18H27NO/c1-2-19-13-18(14-20-12-15-9-10-15)11-5-7-16-6-3-4-8-17(16)18/h3-4,6,8,15,19H,2,5,7,9-14H2,1H3. The normalized spacial score (nSPS) is 25.4. The first kappa shape index (κ1) is 14.1. The largest absolute Gasteiger partial charge is 0.380 e. The monoisotopic (exact) mass is 273 g/mol. The summed E-state index contributed by atoms with van der Waals surface area (Å²) in [5.74, 6) is 0.852. The van der Waals surface area contributed by atoms with Gasteiger partial charge in [-0.3, -0.25) is 0 Å². The number of hydrogen-bond acceptors (Lipinski definition) is 2. The van der Waals surface area contributed by atoms with E-state index in [-0.39, 0.29) is 5.41 Å². The topological polar surface area (TPSA) is 21.3 Å². The quantitative estimate of drug-likeness (QED) is 0.823. The van der Waals surface area contributed by atoms with E-state index in [2.05, 4.69) is 36.5 Å². The Labute approximate surface area is 122 Å². The Kier molecular flexibility index (Phi) is 4.42. The van der Waals surface area contributed by atoms with Crippen molar-refractivity contribution in [3.63, 3.8) is 0 Å². The molecule has 0 spiro atoms. The first-order valence-electron chi connectivity index (χ1n) is 8.21. The van der Waals surface area contributed by atoms with Crippen LogP contribution in [0.4, 0.5) is 0 Å². The van der Waals surface area contributed by atoms with Gasteiger partial charge in [0.15, 0.2) is 0 Å². The van der Waals surface area contributed by atoms with Crippen LogP contribution in [0.2, 0.25) is 0 Å². The average molecular weight is 273 g/mol. The van der Waals surface area contributed by atoms with Crippen molar-refractivity contribution in [2.45, 2.75) is 44.4 Å². The lowest BCUT2D eigenvalue weighted by molar-refractivity contribution is 0.0667. The van der Waals surface area contributed by atoms with Gasteiger partial charge in [-0.1, -0.05) is 31.2 Å². The van der Waals surface area contributed by atoms with Gasteiger partial charge in [0.05, 0.1) is 6.61 Å². The third-order valence-corrected chi connectivity index (χ3v) is 4.83. The minimum atomic E-state index is 0.194. The fourth-order valence-corrected chi connectivity index (χ4v) is 3.46. The minimum Gasteiger partial charge on any atom is -0.380 e. The minimum absolute atomic E-state index is 0.194. The van der Waals surface area contributed by atoms with Crippen LogP contribution in [0.1, 0.15) is 43.7 Å². The van der Waals surface area contributed by atoms with E-state index in [0.717, 1.165) is 32.2 Å². The molecule has 1 aromatic rings. The fourth-order valence-electron chi connectivity index (χ4n) is 3.46. The van der Waals surface area contributed by atoms with Gasteiger partial charge in [0.2, 0.25) is 0 Å². The molecule has 1 N–H and O–H groups in total. The molecule has 1 aromatic carbocycles. The SMILES string of the molecule is CCNCC1(COCC2CC2)CCCc2ccccc21. The average Bonchev–Trinajstić information content (AvgIpc) is 3.30. The molecule has 2 heteroatoms. The van der Waals surface area contributed by atoms with E-state index in [9.17, 15) is 0 Å². The van der Waals surface area contributed by atoms with Gasteiger partial charge in [-0.05, 0) is 55.7 Å². The van der Waals surface area contributed by atoms with E-state index in [1.165, 1.54) is 43.2 Å². The lowest BCUT2D eigenvalue weighted by Gasteiger charge is -2.39. The Morgan fingerprint density at radius 2 is 2.15 bits per heavy atom. The second-order valence-corrected chi connectivity index (χ2v) is 6.53. The van der Waals surface area contributed by atoms with Crippen LogP contribution in [0.25, 0.3) is 0 Å². The molecular weight excluding hydrogens is 246 g/mol. The van der Waals surface area contributed by atoms with Gasteiger partial charge in [-0.25, -0.2) is 0 Å². The molecule has 2 aliphatic carbocycles. The lowest BCUT2D eigenvalue weighted by atomic mass is 9.70. The molecule has 1 fully saturated rings. The van der Waals surface area contributed by atoms with Gasteiger partial charge < -0.3 is 10.1 Å². The Hall–Kier alpha value is -0.860. The van der Waals surface area contributed by atoms with Crippen molar-refractivity contribution < 1.29 is 4.74 Å². The molecule has 1 saturated carbocycles. The summed E-state index contributed by atoms with van der Waals surface area (Å²) in [6.07, 6.45) is 6.51. The highest BCUT2D eigenvalue weighted by atomic mass is 16.5. The molecular formula is C18H27NO. The van der Waals surface area contributed by atoms with Crippen LogP contribution in [-0.4, -0.2) is 26.3 Å². The molecule has 1 unspecified atom stereocenters. The maximum atomic E-state index is 6.11. The van der Waals surface area contributed by atoms with Gasteiger partial charge in [0.25, 0.3) is 0 Å². The molecule has 0 bridgehead atoms. The molecule has 0 aliphatic heterocycles. The van der Waals surface area contributed by atoms with Crippen LogP contribution in [-0.2, 0) is 16.6 Å². The van der Waals surface area contributed by atoms with Crippen LogP contribution in [0.15, 0.2) is 24.3 Å². The molecule has 2 nitrogen and oxygen atoms in total. The van der Waals surface area contributed by atoms with Crippen molar-refractivity contribution in [2.24, 2.45) is 5.92 Å². The molecule has 110 valence electrons. The number of nitrogens with one attached hydrogen (secondary N) is 1. The van der Waals surface area contributed by atoms with Gasteiger partial charge in [0, 0.05) is 18.6 Å². The van der Waals surface area contributed by atoms with Crippen molar-refractivity contribution in [3.05, 3.63) is 35.4 Å². The highest BCUT2D eigenvalue weighted by Gasteiger charge is 2.36. The molecule has 3 rings (SSSR count). The van der Waals surface area contributed by atoms with Crippen LogP contribution in [0.5, 0.6) is 0 Å². The number of rotatable bonds is 7. The zero-order chi connectivity index (χ0) is 13.8. The van der Waals surface area contributed by atoms with E-state index in [0.29, 0.717) is 0 Å². The molecule has 1 atom stereocenters. The van der Waals surface area contributed by atoms with Gasteiger partial charge >= 0.3 is 0 Å². The van der Waals surface area contributed by atoms with Crippen molar-refractivity contribution >= 4 is 0 Å². The van der Waals surface area contributed by atoms with Crippen molar-refractivity contribution in [3.8, 4) is 0 Å². The van der Waals surface area contributed by atoms with Crippen LogP contribution >= 0.6 is 0 Å². The van der Waals surface area contributed by atoms with Crippen LogP contribution in [0.3, 0.4) is 0 Å². The summed E-state index contributed by atoms with van der Waals surface area (Å²) in [6.45, 7) is 6.12. The lowest BCUT2D eigenvalue weighted by Crippen LogP contribution is -2.44. The van der Waals surface area contributed by atoms with E-state index in [1.54, 1.807) is 0 Å². The van der Waals surface area contributed by atoms with Crippen molar-refractivity contribution in [1.29, 1.82) is 0 Å². The Balaban J connectivity index is 1.77. The predicted octanol–water partition coefficient (Wildman–Crippen LogP) is 3.30. The van der Waals surface area contributed by atoms with E-state index >= 15 is 0 Å². The summed E-state index contributed by atoms with van der Waals surface area (Å²) in [5.41, 5.74) is 3.26. The van der Waals surface area contributed by atoms with Crippen molar-refractivity contribution in [2.75, 3.05) is 26.3 Å². The summed E-state index contributed by atoms with van der Waals surface area (Å²) < 4.78 is 6.11. The summed E-state index contributed by atoms with van der Waals surface area (Å²) in [5, 5.41) is 3.57. The first-order valence-corrected chi connectivity index (χ1v) is 8.21. The van der Waals surface area contributed by atoms with Gasteiger partial charge in [-0.2, -0.15) is 0 Å². The van der Waals surface area contributed by atoms with Crippen LogP contribution < -0.4 is 5.32 Å². The number of aryl methyl sites for hydroxylation is 1. The fraction of sp³-hybridized carbons (Fsp3) is 0.667. The molecule has 0 amide bonds. The van der Waals surface area contributed by atoms with Crippen molar-refractivity contribution in [1.82, 2.24) is 5.32 Å². The maximum absolute atomic E-state index is 6.11. The first-order chi connectivity index (χ1) is 9.84. The van der Waals surface area contributed by atoms with E-state index in [1.807, 2.05) is 0 Å². The third kappa shape index (κ3) is 3.07. The second kappa shape index (κ2) is 6.28. The maximum Gasteiger partial charge on any atom is 0.0575 e. The summed E-state index contributed by atoms with van der Waals surface area (Å²) >= 11 is 0. The molecule has 0 radical (unpaired) electrons. The zero-order valence-corrected chi connectivity index (χ0v) is 12.7. The number of benzene rings is 1. The van der Waals surface area contributed by atoms with Crippen LogP contribution in [0, 0.1) is 5.92 Å². The molecule has 0 heterocycles. The summed E-state index contributed by atoms with van der Waals surface area (Å²) in [6, 6.07) is 8.99. The van der Waals surface area contributed by atoms with Gasteiger partial charge in [0.1, 0.15) is 0 Å². The highest BCUT2D eigenvalue weighted by molar-refractivity contribution is 5.37. The van der Waals surface area contributed by atoms with Gasteiger partial charge in [-0.15, -0.1) is 0 Å².